The molecule has 1 amide bonds. The normalized spacial score (nSPS) is 12.2. The zero-order valence-electron chi connectivity index (χ0n) is 67.4. The Hall–Kier alpha value is -8.53. The Morgan fingerprint density at radius 1 is 0.447 bits per heavy atom. The van der Waals surface area contributed by atoms with Gasteiger partial charge in [-0.2, -0.15) is 50.4 Å². The largest absolute Gasteiger partial charge is 0.448 e. The molecule has 10 rings (SSSR count). The number of nitrogens with two attached hydrogens (primary N) is 1. The van der Waals surface area contributed by atoms with Gasteiger partial charge in [0.1, 0.15) is 37.2 Å². The highest BCUT2D eigenvalue weighted by molar-refractivity contribution is 5.70. The summed E-state index contributed by atoms with van der Waals surface area (Å²) in [6, 6.07) is 2.02. The third kappa shape index (κ3) is 39.1. The third-order valence-electron chi connectivity index (χ3n) is 13.3. The second-order valence-corrected chi connectivity index (χ2v) is 33.5. The number of anilines is 1. The predicted octanol–water partition coefficient (Wildman–Crippen LogP) is 15.9. The van der Waals surface area contributed by atoms with Crippen molar-refractivity contribution < 1.29 is 9.53 Å². The standard InChI is InChI=1S/2C8H15N3.C8H14N2.2C7H13N3.C7H12N2.C7H13NO2.C6H12N4.2C6H11N3.4CH4/c1-5-7-6-11(10-9-7)8(2,3)4;1-5-7-6-9-11(10-7)8(2,3)4;1-7-5-6-10(9-7)8(2,3)4;2*1-6-8-5-10(9-6)7(2,3)4;1-7(2,3)9-5-4-8-6-9;1-7(2,3)8-4-5-10-6(8)9;1-6(2,3)10-5(7)8-4-9-10;1-6(2,3)9-5-4-7-8-9;1-6(2,3)9-7-4-5-8-9;;;;/h2*6H,5H2,1-4H3;5-6H,1-4H3;2*5H,1-4H3;4-6H,1-3H3;4-5H2,1-3H3;4H,1-3H3,(H2,7,8,9);2*4-5H,1-3H3;4*1H4. The molecule has 1 aliphatic heterocycles. The van der Waals surface area contributed by atoms with E-state index in [0.29, 0.717) is 12.6 Å². The minimum absolute atomic E-state index is 0. The molecule has 1 aliphatic rings. The molecule has 1 saturated heterocycles. The van der Waals surface area contributed by atoms with Crippen LogP contribution in [0.1, 0.15) is 280 Å². The van der Waals surface area contributed by atoms with E-state index in [4.69, 9.17) is 10.5 Å². The Balaban J connectivity index is -0.000000527. The number of carbonyl (C=O) groups excluding carboxylic acids is 1. The zero-order chi connectivity index (χ0) is 76.6. The van der Waals surface area contributed by atoms with Crippen LogP contribution < -0.4 is 5.73 Å². The smallest absolute Gasteiger partial charge is 0.410 e. The minimum Gasteiger partial charge on any atom is -0.448 e. The van der Waals surface area contributed by atoms with Crippen molar-refractivity contribution in [1.82, 2.24) is 129 Å². The van der Waals surface area contributed by atoms with E-state index >= 15 is 0 Å². The number of amides is 1. The first-order valence-corrected chi connectivity index (χ1v) is 33.9. The Morgan fingerprint density at radius 2 is 0.922 bits per heavy atom. The molecule has 0 unspecified atom stereocenters. The van der Waals surface area contributed by atoms with Gasteiger partial charge in [0.05, 0.1) is 99.1 Å². The lowest BCUT2D eigenvalue weighted by Gasteiger charge is -2.28. The maximum Gasteiger partial charge on any atom is 0.410 e. The monoisotopic (exact) mass is 1440 g/mol. The molecular weight excluding hydrogens is 1300 g/mol. The molecule has 0 aliphatic carbocycles. The van der Waals surface area contributed by atoms with Crippen LogP contribution in [0.3, 0.4) is 0 Å². The number of hydrogen-bond donors (Lipinski definition) is 1. The van der Waals surface area contributed by atoms with Crippen molar-refractivity contribution in [3.05, 3.63) is 116 Å². The van der Waals surface area contributed by atoms with Crippen molar-refractivity contribution >= 4 is 12.0 Å². The van der Waals surface area contributed by atoms with Gasteiger partial charge in [0, 0.05) is 42.1 Å². The van der Waals surface area contributed by atoms with Gasteiger partial charge in [-0.05, 0) is 247 Å². The average molecular weight is 1450 g/mol. The van der Waals surface area contributed by atoms with E-state index in [9.17, 15) is 4.79 Å². The molecule has 10 heterocycles. The SMILES string of the molecule is C.C.C.C.CC(C)(C)N1CCOC1=O.CC(C)(C)n1ccnc1.CC(C)(C)n1ccnn1.CC(C)(C)n1nccn1.CC(C)(C)n1ncnc1N.CCc1cn(C(C)(C)C)nn1.CCc1cnn(C(C)(C)C)n1.Cc1ccn(C(C)(C)C)n1.Cc1ncn(C(C)(C)C)n1.Cc1ncn(C(C)(C)C)n1. The minimum atomic E-state index is -0.187. The third-order valence-corrected chi connectivity index (χ3v) is 13.3. The van der Waals surface area contributed by atoms with Crippen LogP contribution >= 0.6 is 0 Å². The topological polar surface area (TPSA) is 306 Å². The van der Waals surface area contributed by atoms with Gasteiger partial charge in [-0.1, -0.05) is 54.0 Å². The number of imidazole rings is 1. The molecule has 0 radical (unpaired) electrons. The summed E-state index contributed by atoms with van der Waals surface area (Å²) in [7, 11) is 0. The van der Waals surface area contributed by atoms with Crippen LogP contribution in [0.15, 0.2) is 87.1 Å². The zero-order valence-corrected chi connectivity index (χ0v) is 67.4. The number of aromatic nitrogens is 25. The number of aryl methyl sites for hydroxylation is 5. The molecule has 588 valence electrons. The average Bonchev–Trinajstić information content (AvgIpc) is 1.65. The quantitative estimate of drug-likeness (QED) is 0.168. The van der Waals surface area contributed by atoms with E-state index in [-0.39, 0.29) is 91.2 Å². The first-order chi connectivity index (χ1) is 44.9. The highest BCUT2D eigenvalue weighted by Gasteiger charge is 2.32. The lowest BCUT2D eigenvalue weighted by molar-refractivity contribution is 0.132. The van der Waals surface area contributed by atoms with Gasteiger partial charge in [-0.3, -0.25) is 9.58 Å². The molecule has 0 saturated carbocycles. The summed E-state index contributed by atoms with van der Waals surface area (Å²) in [5.74, 6) is 2.12. The van der Waals surface area contributed by atoms with Gasteiger partial charge in [-0.25, -0.2) is 48.1 Å². The molecule has 29 nitrogen and oxygen atoms in total. The van der Waals surface area contributed by atoms with Crippen LogP contribution in [-0.2, 0) is 67.4 Å². The predicted molar refractivity (Wildman–Crippen MR) is 422 cm³/mol. The lowest BCUT2D eigenvalue weighted by Crippen LogP contribution is -2.41. The summed E-state index contributed by atoms with van der Waals surface area (Å²) in [5, 5.41) is 48.7. The van der Waals surface area contributed by atoms with Crippen LogP contribution in [0.4, 0.5) is 10.7 Å². The molecule has 2 N–H and O–H groups in total. The molecule has 29 heteroatoms. The van der Waals surface area contributed by atoms with Crippen LogP contribution in [0.25, 0.3) is 0 Å². The summed E-state index contributed by atoms with van der Waals surface area (Å²) in [4.78, 5) is 31.9. The van der Waals surface area contributed by atoms with Crippen LogP contribution in [0.5, 0.6) is 0 Å². The van der Waals surface area contributed by atoms with E-state index in [2.05, 4.69) is 266 Å². The van der Waals surface area contributed by atoms with E-state index in [0.717, 1.165) is 48.1 Å². The second kappa shape index (κ2) is 42.3. The van der Waals surface area contributed by atoms with Crippen molar-refractivity contribution in [1.29, 1.82) is 0 Å². The number of hydrogen-bond acceptors (Lipinski definition) is 19. The van der Waals surface area contributed by atoms with Gasteiger partial charge in [0.2, 0.25) is 5.95 Å². The summed E-state index contributed by atoms with van der Waals surface area (Å²) >= 11 is 0. The highest BCUT2D eigenvalue weighted by Crippen LogP contribution is 2.20. The van der Waals surface area contributed by atoms with Gasteiger partial charge in [-0.15, -0.1) is 10.2 Å². The van der Waals surface area contributed by atoms with Gasteiger partial charge in [0.15, 0.2) is 0 Å². The molecular formula is C74H145N27O2. The Morgan fingerprint density at radius 3 is 1.12 bits per heavy atom. The van der Waals surface area contributed by atoms with E-state index in [1.165, 1.54) is 6.33 Å². The van der Waals surface area contributed by atoms with Crippen LogP contribution in [0.2, 0.25) is 0 Å². The highest BCUT2D eigenvalue weighted by atomic mass is 16.6. The summed E-state index contributed by atoms with van der Waals surface area (Å²) in [6.07, 6.45) is 25.1. The van der Waals surface area contributed by atoms with Gasteiger partial charge in [0.25, 0.3) is 0 Å². The van der Waals surface area contributed by atoms with E-state index < -0.39 is 0 Å². The van der Waals surface area contributed by atoms with E-state index in [1.807, 2.05) is 129 Å². The number of carbonyl (C=O) groups is 1. The summed E-state index contributed by atoms with van der Waals surface area (Å²) in [5.41, 5.74) is 9.10. The Labute approximate surface area is 622 Å². The summed E-state index contributed by atoms with van der Waals surface area (Å²) < 4.78 is 18.0. The van der Waals surface area contributed by atoms with Crippen LogP contribution in [0, 0.1) is 20.8 Å². The summed E-state index contributed by atoms with van der Waals surface area (Å²) in [6.45, 7) is 73.8. The molecule has 0 aromatic carbocycles. The van der Waals surface area contributed by atoms with Crippen molar-refractivity contribution in [2.45, 2.75) is 340 Å². The molecule has 9 aromatic rings. The lowest BCUT2D eigenvalue weighted by atomic mass is 10.1. The second-order valence-electron chi connectivity index (χ2n) is 33.5. The van der Waals surface area contributed by atoms with Gasteiger partial charge >= 0.3 is 6.09 Å². The molecule has 103 heavy (non-hydrogen) atoms. The first kappa shape index (κ1) is 101. The molecule has 0 atom stereocenters. The van der Waals surface area contributed by atoms with Crippen LogP contribution in [-0.4, -0.2) is 153 Å². The Kier molecular flexibility index (Phi) is 41.4. The number of nitrogens with zero attached hydrogens (tertiary/aromatic N) is 26. The maximum atomic E-state index is 10.9. The Bertz CT molecular complexity index is 3300. The fourth-order valence-corrected chi connectivity index (χ4v) is 7.25. The van der Waals surface area contributed by atoms with Gasteiger partial charge < -0.3 is 15.0 Å². The molecule has 9 aromatic heterocycles. The van der Waals surface area contributed by atoms with Crippen molar-refractivity contribution in [2.24, 2.45) is 0 Å². The van der Waals surface area contributed by atoms with Crippen molar-refractivity contribution in [3.63, 3.8) is 0 Å². The fraction of sp³-hybridized carbons (Fsp3) is 0.716. The number of ether oxygens (including phenoxy) is 1. The number of cyclic esters (lactones) is 1. The first-order valence-electron chi connectivity index (χ1n) is 33.9. The molecule has 0 spiro atoms. The molecule has 1 fully saturated rings. The maximum absolute atomic E-state index is 10.9. The van der Waals surface area contributed by atoms with Crippen molar-refractivity contribution in [3.8, 4) is 0 Å². The fourth-order valence-electron chi connectivity index (χ4n) is 7.25. The molecule has 0 bridgehead atoms. The number of rotatable bonds is 2. The van der Waals surface area contributed by atoms with Crippen molar-refractivity contribution in [2.75, 3.05) is 18.9 Å². The van der Waals surface area contributed by atoms with E-state index in [1.54, 1.807) is 56.6 Å². The number of nitrogen functional groups attached to an aromatic ring is 1.